The van der Waals surface area contributed by atoms with Gasteiger partial charge in [0.05, 0.1) is 5.02 Å². The van der Waals surface area contributed by atoms with Crippen LogP contribution in [0.5, 0.6) is 0 Å². The van der Waals surface area contributed by atoms with E-state index in [1.807, 2.05) is 0 Å². The number of halogens is 2. The van der Waals surface area contributed by atoms with Crippen molar-refractivity contribution in [1.29, 1.82) is 0 Å². The van der Waals surface area contributed by atoms with Crippen LogP contribution in [-0.2, 0) is 4.79 Å². The van der Waals surface area contributed by atoms with Crippen LogP contribution in [0.3, 0.4) is 0 Å². The lowest BCUT2D eigenvalue weighted by molar-refractivity contribution is -0.114. The first-order valence-corrected chi connectivity index (χ1v) is 8.51. The fourth-order valence-corrected chi connectivity index (χ4v) is 2.49. The summed E-state index contributed by atoms with van der Waals surface area (Å²) in [6, 6.07) is 12.2. The lowest BCUT2D eigenvalue weighted by Crippen LogP contribution is -2.14. The largest absolute Gasteiger partial charge is 0.340 e. The Hall–Kier alpha value is -3.52. The highest BCUT2D eigenvalue weighted by Crippen LogP contribution is 2.22. The molecule has 0 saturated heterocycles. The Balaban J connectivity index is 1.69. The van der Waals surface area contributed by atoms with Crippen molar-refractivity contribution in [3.63, 3.8) is 0 Å². The quantitative estimate of drug-likeness (QED) is 0.596. The third kappa shape index (κ3) is 5.01. The zero-order valence-corrected chi connectivity index (χ0v) is 15.4. The molecule has 0 radical (unpaired) electrons. The van der Waals surface area contributed by atoms with Gasteiger partial charge in [-0.2, -0.15) is 0 Å². The standard InChI is InChI=1S/C19H15ClFN5O2/c1-11(27)24-12-2-4-13(5-3-12)26-19(28)17-9-18(23-10-22-17)25-14-6-7-16(21)15(20)8-14/h2-10H,1H3,(H,24,27)(H,26,28)(H,22,23,25). The van der Waals surface area contributed by atoms with E-state index >= 15 is 0 Å². The summed E-state index contributed by atoms with van der Waals surface area (Å²) in [5, 5.41) is 8.25. The molecule has 0 spiro atoms. The molecule has 0 atom stereocenters. The molecule has 0 unspecified atom stereocenters. The molecule has 7 nitrogen and oxygen atoms in total. The molecule has 142 valence electrons. The monoisotopic (exact) mass is 399 g/mol. The second-order valence-corrected chi connectivity index (χ2v) is 6.16. The summed E-state index contributed by atoms with van der Waals surface area (Å²) >= 11 is 5.76. The number of benzene rings is 2. The van der Waals surface area contributed by atoms with E-state index in [4.69, 9.17) is 11.6 Å². The van der Waals surface area contributed by atoms with Gasteiger partial charge in [0, 0.05) is 30.1 Å². The van der Waals surface area contributed by atoms with Crippen molar-refractivity contribution >= 4 is 46.3 Å². The third-order valence-corrected chi connectivity index (χ3v) is 3.84. The topological polar surface area (TPSA) is 96.0 Å². The Labute approximate surface area is 165 Å². The number of aromatic nitrogens is 2. The van der Waals surface area contributed by atoms with E-state index in [0.29, 0.717) is 22.9 Å². The average Bonchev–Trinajstić information content (AvgIpc) is 2.66. The summed E-state index contributed by atoms with van der Waals surface area (Å²) in [6.45, 7) is 1.41. The van der Waals surface area contributed by atoms with E-state index in [1.54, 1.807) is 24.3 Å². The predicted molar refractivity (Wildman–Crippen MR) is 105 cm³/mol. The van der Waals surface area contributed by atoms with E-state index in [2.05, 4.69) is 25.9 Å². The van der Waals surface area contributed by atoms with Crippen molar-refractivity contribution < 1.29 is 14.0 Å². The highest BCUT2D eigenvalue weighted by atomic mass is 35.5. The van der Waals surface area contributed by atoms with Crippen LogP contribution in [0, 0.1) is 5.82 Å². The zero-order valence-electron chi connectivity index (χ0n) is 14.7. The molecular formula is C19H15ClFN5O2. The highest BCUT2D eigenvalue weighted by molar-refractivity contribution is 6.31. The number of hydrogen-bond acceptors (Lipinski definition) is 5. The molecular weight excluding hydrogens is 385 g/mol. The second-order valence-electron chi connectivity index (χ2n) is 5.76. The Morgan fingerprint density at radius 2 is 1.57 bits per heavy atom. The summed E-state index contributed by atoms with van der Waals surface area (Å²) < 4.78 is 13.2. The molecule has 0 bridgehead atoms. The maximum absolute atomic E-state index is 13.2. The molecule has 0 aliphatic rings. The molecule has 9 heteroatoms. The Bertz CT molecular complexity index is 1030. The summed E-state index contributed by atoms with van der Waals surface area (Å²) in [5.74, 6) is -0.793. The van der Waals surface area contributed by atoms with E-state index in [9.17, 15) is 14.0 Å². The number of carbonyl (C=O) groups excluding carboxylic acids is 2. The number of nitrogens with zero attached hydrogens (tertiary/aromatic N) is 2. The minimum atomic E-state index is -0.528. The number of nitrogens with one attached hydrogen (secondary N) is 3. The van der Waals surface area contributed by atoms with Gasteiger partial charge in [-0.1, -0.05) is 11.6 Å². The van der Waals surface area contributed by atoms with E-state index < -0.39 is 11.7 Å². The summed E-state index contributed by atoms with van der Waals surface area (Å²) in [7, 11) is 0. The normalized spacial score (nSPS) is 10.2. The SMILES string of the molecule is CC(=O)Nc1ccc(NC(=O)c2cc(Nc3ccc(F)c(Cl)c3)ncn2)cc1. The van der Waals surface area contributed by atoms with Gasteiger partial charge in [0.15, 0.2) is 0 Å². The Morgan fingerprint density at radius 1 is 0.929 bits per heavy atom. The maximum Gasteiger partial charge on any atom is 0.274 e. The van der Waals surface area contributed by atoms with Gasteiger partial charge in [0.25, 0.3) is 5.91 Å². The first-order chi connectivity index (χ1) is 13.4. The molecule has 3 aromatic rings. The molecule has 2 amide bonds. The van der Waals surface area contributed by atoms with Crippen LogP contribution in [0.25, 0.3) is 0 Å². The van der Waals surface area contributed by atoms with E-state index in [0.717, 1.165) is 0 Å². The molecule has 0 aliphatic carbocycles. The molecule has 2 aromatic carbocycles. The van der Waals surface area contributed by atoms with Gasteiger partial charge in [-0.15, -0.1) is 0 Å². The Morgan fingerprint density at radius 3 is 2.21 bits per heavy atom. The van der Waals surface area contributed by atoms with Gasteiger partial charge >= 0.3 is 0 Å². The first kappa shape index (κ1) is 19.2. The summed E-state index contributed by atoms with van der Waals surface area (Å²) in [4.78, 5) is 31.4. The van der Waals surface area contributed by atoms with Crippen molar-refractivity contribution in [2.24, 2.45) is 0 Å². The molecule has 28 heavy (non-hydrogen) atoms. The van der Waals surface area contributed by atoms with Gasteiger partial charge in [0.2, 0.25) is 5.91 Å². The molecule has 0 saturated carbocycles. The van der Waals surface area contributed by atoms with Crippen molar-refractivity contribution in [2.45, 2.75) is 6.92 Å². The molecule has 0 aliphatic heterocycles. The van der Waals surface area contributed by atoms with Crippen LogP contribution in [0.4, 0.5) is 27.3 Å². The average molecular weight is 400 g/mol. The van der Waals surface area contributed by atoms with Gasteiger partial charge in [0.1, 0.15) is 23.7 Å². The number of carbonyl (C=O) groups is 2. The smallest absolute Gasteiger partial charge is 0.274 e. The minimum Gasteiger partial charge on any atom is -0.340 e. The zero-order chi connectivity index (χ0) is 20.1. The molecule has 1 aromatic heterocycles. The molecule has 1 heterocycles. The lowest BCUT2D eigenvalue weighted by atomic mass is 10.2. The highest BCUT2D eigenvalue weighted by Gasteiger charge is 2.10. The van der Waals surface area contributed by atoms with Crippen LogP contribution in [-0.4, -0.2) is 21.8 Å². The van der Waals surface area contributed by atoms with E-state index in [1.165, 1.54) is 37.5 Å². The number of rotatable bonds is 5. The number of hydrogen-bond donors (Lipinski definition) is 3. The number of anilines is 4. The van der Waals surface area contributed by atoms with Gasteiger partial charge < -0.3 is 16.0 Å². The van der Waals surface area contributed by atoms with Gasteiger partial charge in [-0.05, 0) is 42.5 Å². The van der Waals surface area contributed by atoms with Crippen LogP contribution in [0.15, 0.2) is 54.9 Å². The fraction of sp³-hybridized carbons (Fsp3) is 0.0526. The second kappa shape index (κ2) is 8.45. The van der Waals surface area contributed by atoms with Gasteiger partial charge in [-0.25, -0.2) is 14.4 Å². The van der Waals surface area contributed by atoms with Crippen molar-refractivity contribution in [3.8, 4) is 0 Å². The van der Waals surface area contributed by atoms with Gasteiger partial charge in [-0.3, -0.25) is 9.59 Å². The third-order valence-electron chi connectivity index (χ3n) is 3.55. The van der Waals surface area contributed by atoms with Crippen LogP contribution >= 0.6 is 11.6 Å². The predicted octanol–water partition coefficient (Wildman–Crippen LogP) is 4.22. The first-order valence-electron chi connectivity index (χ1n) is 8.14. The lowest BCUT2D eigenvalue weighted by Gasteiger charge is -2.09. The van der Waals surface area contributed by atoms with Crippen molar-refractivity contribution in [3.05, 3.63) is 71.4 Å². The van der Waals surface area contributed by atoms with Crippen LogP contribution in [0.2, 0.25) is 5.02 Å². The molecule has 0 fully saturated rings. The van der Waals surface area contributed by atoms with Crippen molar-refractivity contribution in [2.75, 3.05) is 16.0 Å². The molecule has 3 rings (SSSR count). The fourth-order valence-electron chi connectivity index (χ4n) is 2.31. The summed E-state index contributed by atoms with van der Waals surface area (Å²) in [6.07, 6.45) is 1.24. The maximum atomic E-state index is 13.2. The molecule has 3 N–H and O–H groups in total. The summed E-state index contributed by atoms with van der Waals surface area (Å²) in [5.41, 5.74) is 1.82. The van der Waals surface area contributed by atoms with Crippen molar-refractivity contribution in [1.82, 2.24) is 9.97 Å². The van der Waals surface area contributed by atoms with Crippen LogP contribution < -0.4 is 16.0 Å². The van der Waals surface area contributed by atoms with E-state index in [-0.39, 0.29) is 16.6 Å². The Kier molecular flexibility index (Phi) is 5.81. The van der Waals surface area contributed by atoms with Crippen LogP contribution in [0.1, 0.15) is 17.4 Å². The minimum absolute atomic E-state index is 0.0280. The number of amides is 2.